The van der Waals surface area contributed by atoms with E-state index in [1.54, 1.807) is 17.0 Å². The molecule has 0 N–H and O–H groups in total. The Morgan fingerprint density at radius 2 is 1.78 bits per heavy atom. The van der Waals surface area contributed by atoms with Crippen molar-refractivity contribution in [1.29, 1.82) is 0 Å². The Hall–Kier alpha value is -2.60. The molecular weight excluding hydrogens is 342 g/mol. The number of likely N-dealkylation sites (tertiary alicyclic amines) is 1. The van der Waals surface area contributed by atoms with Crippen LogP contribution in [0.15, 0.2) is 53.1 Å². The molecule has 2 aromatic rings. The Kier molecular flexibility index (Phi) is 4.74. The molecule has 2 fully saturated rings. The molecule has 142 valence electrons. The van der Waals surface area contributed by atoms with Gasteiger partial charge in [0, 0.05) is 39.8 Å². The van der Waals surface area contributed by atoms with Crippen molar-refractivity contribution in [2.45, 2.75) is 24.9 Å². The van der Waals surface area contributed by atoms with E-state index >= 15 is 0 Å². The van der Waals surface area contributed by atoms with E-state index in [0.717, 1.165) is 19.6 Å². The smallest absolute Gasteiger partial charge is 0.289 e. The van der Waals surface area contributed by atoms with Gasteiger partial charge >= 0.3 is 0 Å². The average Bonchev–Trinajstić information content (AvgIpc) is 3.24. The fraction of sp³-hybridized carbons (Fsp3) is 0.429. The van der Waals surface area contributed by atoms with E-state index in [9.17, 15) is 9.59 Å². The van der Waals surface area contributed by atoms with Gasteiger partial charge in [-0.1, -0.05) is 30.3 Å². The third-order valence-corrected chi connectivity index (χ3v) is 5.88. The standard InChI is InChI=1S/C21H25N3O3/c1-22-13-14-24(16-17-6-3-2-4-7-17)21(20(22)26)9-11-23(12-10-21)19(25)18-8-5-15-27-18/h2-8,15H,9-14,16H2,1H3. The Bertz CT molecular complexity index is 795. The first-order chi connectivity index (χ1) is 13.1. The van der Waals surface area contributed by atoms with Crippen molar-refractivity contribution >= 4 is 11.8 Å². The maximum atomic E-state index is 13.2. The van der Waals surface area contributed by atoms with Gasteiger partial charge in [-0.2, -0.15) is 0 Å². The van der Waals surface area contributed by atoms with Crippen molar-refractivity contribution in [1.82, 2.24) is 14.7 Å². The van der Waals surface area contributed by atoms with E-state index in [1.165, 1.54) is 11.8 Å². The van der Waals surface area contributed by atoms with Gasteiger partial charge < -0.3 is 14.2 Å². The molecule has 1 aromatic heterocycles. The predicted octanol–water partition coefficient (Wildman–Crippen LogP) is 2.23. The Morgan fingerprint density at radius 1 is 1.04 bits per heavy atom. The molecule has 2 amide bonds. The van der Waals surface area contributed by atoms with Gasteiger partial charge in [0.15, 0.2) is 5.76 Å². The molecule has 1 aromatic carbocycles. The van der Waals surface area contributed by atoms with Crippen LogP contribution in [0.5, 0.6) is 0 Å². The van der Waals surface area contributed by atoms with E-state index in [0.29, 0.717) is 31.7 Å². The predicted molar refractivity (Wildman–Crippen MR) is 101 cm³/mol. The molecule has 0 atom stereocenters. The molecule has 0 radical (unpaired) electrons. The summed E-state index contributed by atoms with van der Waals surface area (Å²) in [6.07, 6.45) is 2.81. The van der Waals surface area contributed by atoms with E-state index in [4.69, 9.17) is 4.42 Å². The van der Waals surface area contributed by atoms with Gasteiger partial charge in [-0.15, -0.1) is 0 Å². The molecule has 2 aliphatic heterocycles. The zero-order valence-corrected chi connectivity index (χ0v) is 15.6. The molecule has 2 aliphatic rings. The molecule has 3 heterocycles. The van der Waals surface area contributed by atoms with Gasteiger partial charge in [-0.05, 0) is 30.5 Å². The van der Waals surface area contributed by atoms with E-state index in [2.05, 4.69) is 17.0 Å². The third kappa shape index (κ3) is 3.25. The van der Waals surface area contributed by atoms with Crippen molar-refractivity contribution in [2.24, 2.45) is 0 Å². The molecule has 6 nitrogen and oxygen atoms in total. The normalized spacial score (nSPS) is 20.3. The number of piperazine rings is 1. The summed E-state index contributed by atoms with van der Waals surface area (Å²) in [5, 5.41) is 0. The molecule has 2 saturated heterocycles. The summed E-state index contributed by atoms with van der Waals surface area (Å²) in [5.41, 5.74) is 0.686. The fourth-order valence-corrected chi connectivity index (χ4v) is 4.28. The fourth-order valence-electron chi connectivity index (χ4n) is 4.28. The van der Waals surface area contributed by atoms with Crippen LogP contribution in [-0.4, -0.2) is 65.3 Å². The molecule has 0 saturated carbocycles. The number of rotatable bonds is 3. The summed E-state index contributed by atoms with van der Waals surface area (Å²) in [5.74, 6) is 0.440. The Morgan fingerprint density at radius 3 is 2.44 bits per heavy atom. The molecule has 0 aliphatic carbocycles. The van der Waals surface area contributed by atoms with Crippen molar-refractivity contribution in [2.75, 3.05) is 33.2 Å². The third-order valence-electron chi connectivity index (χ3n) is 5.88. The number of hydrogen-bond acceptors (Lipinski definition) is 4. The number of carbonyl (C=O) groups excluding carboxylic acids is 2. The first-order valence-corrected chi connectivity index (χ1v) is 9.47. The van der Waals surface area contributed by atoms with Gasteiger partial charge in [0.05, 0.1) is 6.26 Å². The lowest BCUT2D eigenvalue weighted by Crippen LogP contribution is -2.68. The lowest BCUT2D eigenvalue weighted by Gasteiger charge is -2.52. The average molecular weight is 367 g/mol. The largest absolute Gasteiger partial charge is 0.459 e. The molecule has 1 spiro atoms. The van der Waals surface area contributed by atoms with Crippen molar-refractivity contribution < 1.29 is 14.0 Å². The molecule has 4 rings (SSSR count). The Balaban J connectivity index is 1.53. The highest BCUT2D eigenvalue weighted by Crippen LogP contribution is 2.35. The topological polar surface area (TPSA) is 57.0 Å². The minimum absolute atomic E-state index is 0.0962. The summed E-state index contributed by atoms with van der Waals surface area (Å²) in [6.45, 7) is 3.47. The van der Waals surface area contributed by atoms with Gasteiger partial charge in [0.1, 0.15) is 5.54 Å². The Labute approximate surface area is 159 Å². The number of piperidine rings is 1. The highest BCUT2D eigenvalue weighted by atomic mass is 16.3. The maximum Gasteiger partial charge on any atom is 0.289 e. The number of furan rings is 1. The lowest BCUT2D eigenvalue weighted by atomic mass is 9.82. The number of likely N-dealkylation sites (N-methyl/N-ethyl adjacent to an activating group) is 1. The number of benzene rings is 1. The lowest BCUT2D eigenvalue weighted by molar-refractivity contribution is -0.154. The number of nitrogens with zero attached hydrogens (tertiary/aromatic N) is 3. The molecule has 0 bridgehead atoms. The summed E-state index contributed by atoms with van der Waals surface area (Å²) < 4.78 is 5.25. The van der Waals surface area contributed by atoms with Crippen LogP contribution in [0.25, 0.3) is 0 Å². The van der Waals surface area contributed by atoms with Crippen LogP contribution >= 0.6 is 0 Å². The molecular formula is C21H25N3O3. The van der Waals surface area contributed by atoms with Crippen LogP contribution in [0.1, 0.15) is 29.0 Å². The van der Waals surface area contributed by atoms with E-state index in [1.807, 2.05) is 30.1 Å². The van der Waals surface area contributed by atoms with Gasteiger partial charge in [0.25, 0.3) is 5.91 Å². The van der Waals surface area contributed by atoms with Crippen LogP contribution in [0.3, 0.4) is 0 Å². The summed E-state index contributed by atoms with van der Waals surface area (Å²) in [4.78, 5) is 31.7. The van der Waals surface area contributed by atoms with Crippen LogP contribution in [0.2, 0.25) is 0 Å². The minimum atomic E-state index is -0.525. The second kappa shape index (κ2) is 7.19. The first kappa shape index (κ1) is 17.8. The zero-order valence-electron chi connectivity index (χ0n) is 15.6. The number of amides is 2. The second-order valence-corrected chi connectivity index (χ2v) is 7.43. The zero-order chi connectivity index (χ0) is 18.9. The second-order valence-electron chi connectivity index (χ2n) is 7.43. The van der Waals surface area contributed by atoms with E-state index < -0.39 is 5.54 Å². The van der Waals surface area contributed by atoms with Gasteiger partial charge in [-0.25, -0.2) is 0 Å². The quantitative estimate of drug-likeness (QED) is 0.835. The maximum absolute atomic E-state index is 13.2. The van der Waals surface area contributed by atoms with Crippen molar-refractivity contribution in [3.05, 3.63) is 60.1 Å². The highest BCUT2D eigenvalue weighted by Gasteiger charge is 2.50. The van der Waals surface area contributed by atoms with Crippen molar-refractivity contribution in [3.63, 3.8) is 0 Å². The summed E-state index contributed by atoms with van der Waals surface area (Å²) in [7, 11) is 1.88. The molecule has 0 unspecified atom stereocenters. The van der Waals surface area contributed by atoms with Crippen LogP contribution < -0.4 is 0 Å². The van der Waals surface area contributed by atoms with Crippen LogP contribution in [0, 0.1) is 0 Å². The van der Waals surface area contributed by atoms with Crippen LogP contribution in [0.4, 0.5) is 0 Å². The van der Waals surface area contributed by atoms with Gasteiger partial charge in [0.2, 0.25) is 5.91 Å². The first-order valence-electron chi connectivity index (χ1n) is 9.47. The van der Waals surface area contributed by atoms with Crippen molar-refractivity contribution in [3.8, 4) is 0 Å². The monoisotopic (exact) mass is 367 g/mol. The van der Waals surface area contributed by atoms with E-state index in [-0.39, 0.29) is 11.8 Å². The molecule has 6 heteroatoms. The van der Waals surface area contributed by atoms with Gasteiger partial charge in [-0.3, -0.25) is 14.5 Å². The summed E-state index contributed by atoms with van der Waals surface area (Å²) >= 11 is 0. The summed E-state index contributed by atoms with van der Waals surface area (Å²) in [6, 6.07) is 13.7. The molecule has 27 heavy (non-hydrogen) atoms. The number of carbonyl (C=O) groups is 2. The van der Waals surface area contributed by atoms with Crippen LogP contribution in [-0.2, 0) is 11.3 Å². The SMILES string of the molecule is CN1CCN(Cc2ccccc2)C2(CCN(C(=O)c3ccco3)CC2)C1=O. The number of hydrogen-bond donors (Lipinski definition) is 0. The highest BCUT2D eigenvalue weighted by molar-refractivity contribution is 5.92. The minimum Gasteiger partial charge on any atom is -0.459 e.